The van der Waals surface area contributed by atoms with Crippen LogP contribution in [0.5, 0.6) is 0 Å². The Morgan fingerprint density at radius 1 is 0.302 bits per heavy atom. The summed E-state index contributed by atoms with van der Waals surface area (Å²) >= 11 is 0. The van der Waals surface area contributed by atoms with Crippen LogP contribution in [0, 0.1) is 11.8 Å². The molecule has 0 aliphatic heterocycles. The van der Waals surface area contributed by atoms with Gasteiger partial charge in [0, 0.05) is 25.7 Å². The molecular weight excluding hydrogens is 1260 g/mol. The van der Waals surface area contributed by atoms with Crippen molar-refractivity contribution in [3.63, 3.8) is 0 Å². The molecule has 0 aliphatic carbocycles. The summed E-state index contributed by atoms with van der Waals surface area (Å²) in [6.07, 6.45) is 56.8. The summed E-state index contributed by atoms with van der Waals surface area (Å²) in [7, 11) is -9.91. The highest BCUT2D eigenvalue weighted by Crippen LogP contribution is 2.45. The normalized spacial score (nSPS) is 14.3. The van der Waals surface area contributed by atoms with E-state index in [2.05, 4.69) is 41.5 Å². The zero-order valence-corrected chi connectivity index (χ0v) is 64.5. The van der Waals surface area contributed by atoms with Gasteiger partial charge in [-0.05, 0) is 37.5 Å². The molecule has 0 saturated carbocycles. The fraction of sp³-hybridized carbons (Fsp3) is 0.948. The molecule has 0 fully saturated rings. The van der Waals surface area contributed by atoms with Crippen molar-refractivity contribution < 1.29 is 80.2 Å². The van der Waals surface area contributed by atoms with Crippen molar-refractivity contribution in [1.29, 1.82) is 0 Å². The number of phosphoric ester groups is 2. The van der Waals surface area contributed by atoms with Crippen molar-refractivity contribution in [2.24, 2.45) is 11.8 Å². The maximum absolute atomic E-state index is 13.1. The first-order chi connectivity index (χ1) is 46.4. The second kappa shape index (κ2) is 68.8. The molecule has 0 aromatic carbocycles. The van der Waals surface area contributed by atoms with Crippen LogP contribution in [0.3, 0.4) is 0 Å². The number of hydrogen-bond acceptors (Lipinski definition) is 15. The lowest BCUT2D eigenvalue weighted by atomic mass is 9.99. The van der Waals surface area contributed by atoms with Crippen LogP contribution in [0.4, 0.5) is 0 Å². The summed E-state index contributed by atoms with van der Waals surface area (Å²) in [5.41, 5.74) is 0. The molecule has 0 heterocycles. The summed E-state index contributed by atoms with van der Waals surface area (Å²) in [4.78, 5) is 72.9. The van der Waals surface area contributed by atoms with Gasteiger partial charge >= 0.3 is 39.5 Å². The van der Waals surface area contributed by atoms with E-state index in [9.17, 15) is 43.2 Å². The lowest BCUT2D eigenvalue weighted by Gasteiger charge is -2.21. The molecule has 19 heteroatoms. The van der Waals surface area contributed by atoms with Crippen LogP contribution in [0.1, 0.15) is 401 Å². The van der Waals surface area contributed by atoms with Crippen LogP contribution in [-0.4, -0.2) is 96.7 Å². The number of phosphoric acid groups is 2. The minimum Gasteiger partial charge on any atom is -0.462 e. The van der Waals surface area contributed by atoms with Gasteiger partial charge in [-0.3, -0.25) is 37.3 Å². The topological polar surface area (TPSA) is 237 Å². The quantitative estimate of drug-likeness (QED) is 0.0222. The number of unbranched alkanes of at least 4 members (excludes halogenated alkanes) is 45. The van der Waals surface area contributed by atoms with E-state index < -0.39 is 97.5 Å². The Bertz CT molecular complexity index is 1860. The van der Waals surface area contributed by atoms with Gasteiger partial charge in [-0.1, -0.05) is 350 Å². The van der Waals surface area contributed by atoms with Gasteiger partial charge in [-0.25, -0.2) is 9.13 Å². The minimum absolute atomic E-state index is 0.106. The van der Waals surface area contributed by atoms with Crippen LogP contribution >= 0.6 is 15.6 Å². The fourth-order valence-corrected chi connectivity index (χ4v) is 13.4. The Morgan fingerprint density at radius 3 is 0.792 bits per heavy atom. The molecule has 6 atom stereocenters. The molecule has 0 aromatic rings. The number of aliphatic hydroxyl groups excluding tert-OH is 1. The maximum atomic E-state index is 13.1. The third-order valence-electron chi connectivity index (χ3n) is 18.3. The molecule has 17 nitrogen and oxygen atoms in total. The molecule has 0 amide bonds. The van der Waals surface area contributed by atoms with Gasteiger partial charge in [0.2, 0.25) is 0 Å². The first-order valence-electron chi connectivity index (χ1n) is 40.0. The third kappa shape index (κ3) is 69.2. The molecule has 96 heavy (non-hydrogen) atoms. The van der Waals surface area contributed by atoms with E-state index in [0.717, 1.165) is 102 Å². The van der Waals surface area contributed by atoms with Crippen molar-refractivity contribution in [3.05, 3.63) is 0 Å². The van der Waals surface area contributed by atoms with E-state index in [1.165, 1.54) is 212 Å². The number of aliphatic hydroxyl groups is 1. The van der Waals surface area contributed by atoms with Crippen LogP contribution < -0.4 is 0 Å². The Balaban J connectivity index is 5.25. The Kier molecular flexibility index (Phi) is 67.4. The van der Waals surface area contributed by atoms with Crippen LogP contribution in [0.25, 0.3) is 0 Å². The molecule has 570 valence electrons. The smallest absolute Gasteiger partial charge is 0.462 e. The number of rotatable bonds is 76. The van der Waals surface area contributed by atoms with Crippen molar-refractivity contribution in [2.45, 2.75) is 419 Å². The molecule has 3 unspecified atom stereocenters. The van der Waals surface area contributed by atoms with E-state index in [0.29, 0.717) is 31.6 Å². The number of carbonyl (C=O) groups excluding carboxylic acids is 4. The molecule has 3 N–H and O–H groups in total. The van der Waals surface area contributed by atoms with Gasteiger partial charge in [-0.2, -0.15) is 0 Å². The second-order valence-electron chi connectivity index (χ2n) is 28.5. The van der Waals surface area contributed by atoms with Crippen molar-refractivity contribution in [1.82, 2.24) is 0 Å². The third-order valence-corrected chi connectivity index (χ3v) is 20.2. The van der Waals surface area contributed by atoms with Crippen molar-refractivity contribution in [2.75, 3.05) is 39.6 Å². The Labute approximate surface area is 588 Å². The fourth-order valence-electron chi connectivity index (χ4n) is 11.8. The highest BCUT2D eigenvalue weighted by atomic mass is 31.2. The van der Waals surface area contributed by atoms with Gasteiger partial charge in [0.05, 0.1) is 26.4 Å². The molecule has 0 aliphatic rings. The first kappa shape index (κ1) is 94.1. The second-order valence-corrected chi connectivity index (χ2v) is 31.4. The van der Waals surface area contributed by atoms with Gasteiger partial charge in [0.15, 0.2) is 12.2 Å². The molecule has 0 rings (SSSR count). The maximum Gasteiger partial charge on any atom is 0.472 e. The Morgan fingerprint density at radius 2 is 0.531 bits per heavy atom. The molecule has 0 bridgehead atoms. The van der Waals surface area contributed by atoms with Gasteiger partial charge in [0.25, 0.3) is 0 Å². The van der Waals surface area contributed by atoms with Crippen LogP contribution in [0.15, 0.2) is 0 Å². The number of ether oxygens (including phenoxy) is 4. The average Bonchev–Trinajstić information content (AvgIpc) is 1.48. The van der Waals surface area contributed by atoms with Crippen molar-refractivity contribution in [3.8, 4) is 0 Å². The zero-order valence-electron chi connectivity index (χ0n) is 62.7. The predicted molar refractivity (Wildman–Crippen MR) is 391 cm³/mol. The minimum atomic E-state index is -4.96. The van der Waals surface area contributed by atoms with Gasteiger partial charge in [0.1, 0.15) is 19.3 Å². The predicted octanol–water partition coefficient (Wildman–Crippen LogP) is 22.7. The summed E-state index contributed by atoms with van der Waals surface area (Å²) in [6.45, 7) is 9.58. The largest absolute Gasteiger partial charge is 0.472 e. The zero-order chi connectivity index (χ0) is 70.7. The molecule has 0 aromatic heterocycles. The van der Waals surface area contributed by atoms with Crippen molar-refractivity contribution >= 4 is 39.5 Å². The van der Waals surface area contributed by atoms with E-state index in [-0.39, 0.29) is 25.7 Å². The van der Waals surface area contributed by atoms with E-state index in [4.69, 9.17) is 37.0 Å². The first-order valence-corrected chi connectivity index (χ1v) is 43.0. The lowest BCUT2D eigenvalue weighted by molar-refractivity contribution is -0.161. The summed E-state index contributed by atoms with van der Waals surface area (Å²) in [5.74, 6) is -0.606. The summed E-state index contributed by atoms with van der Waals surface area (Å²) in [6, 6.07) is 0. The standard InChI is InChI=1S/C77H150O17P2/c1-7-10-12-14-16-18-20-22-24-26-28-30-35-41-47-53-59-74(79)87-65-72(93-76(81)61-55-49-42-36-31-29-27-25-23-21-19-17-15-13-11-8-2)67-91-95(83,84)89-63-71(78)64-90-96(85,86)92-68-73(66-88-75(80)60-54-48-44-38-39-45-51-57-69(4)5)94-77(82)62-56-50-43-37-33-32-34-40-46-52-58-70(6)9-3/h69-73,78H,7-68H2,1-6H3,(H,83,84)(H,85,86)/t70?,71-,72-,73-/m1/s1. The molecule has 0 saturated heterocycles. The summed E-state index contributed by atoms with van der Waals surface area (Å²) in [5, 5.41) is 10.6. The highest BCUT2D eigenvalue weighted by Gasteiger charge is 2.30. The number of esters is 4. The highest BCUT2D eigenvalue weighted by molar-refractivity contribution is 7.47. The summed E-state index contributed by atoms with van der Waals surface area (Å²) < 4.78 is 68.6. The SMILES string of the molecule is CCCCCCCCCCCCCCCCCCC(=O)OC[C@H](COP(=O)(O)OC[C@@H](O)COP(=O)(O)OC[C@@H](COC(=O)CCCCCCCCCC(C)C)OC(=O)CCCCCCCCCCCCC(C)CC)OC(=O)CCCCCCCCCCCCCCCCCC. The van der Waals surface area contributed by atoms with E-state index in [1.807, 2.05) is 0 Å². The lowest BCUT2D eigenvalue weighted by Crippen LogP contribution is -2.30. The Hall–Kier alpha value is -1.94. The number of carbonyl (C=O) groups is 4. The molecule has 0 spiro atoms. The average molecular weight is 1410 g/mol. The van der Waals surface area contributed by atoms with E-state index in [1.54, 1.807) is 0 Å². The molecular formula is C77H150O17P2. The van der Waals surface area contributed by atoms with Gasteiger partial charge < -0.3 is 33.8 Å². The molecule has 0 radical (unpaired) electrons. The number of hydrogen-bond donors (Lipinski definition) is 3. The monoisotopic (exact) mass is 1410 g/mol. The van der Waals surface area contributed by atoms with Crippen LogP contribution in [0.2, 0.25) is 0 Å². The van der Waals surface area contributed by atoms with E-state index >= 15 is 0 Å². The van der Waals surface area contributed by atoms with Gasteiger partial charge in [-0.15, -0.1) is 0 Å². The van der Waals surface area contributed by atoms with Crippen LogP contribution in [-0.2, 0) is 65.4 Å².